The molecule has 4 heteroatoms. The van der Waals surface area contributed by atoms with E-state index in [4.69, 9.17) is 0 Å². The third-order valence-electron chi connectivity index (χ3n) is 2.69. The highest BCUT2D eigenvalue weighted by atomic mass is 16.3. The van der Waals surface area contributed by atoms with Crippen LogP contribution in [0, 0.1) is 0 Å². The minimum Gasteiger partial charge on any atom is -0.387 e. The fraction of sp³-hybridized carbons (Fsp3) is 0.900. The van der Waals surface area contributed by atoms with Crippen molar-refractivity contribution in [2.45, 2.75) is 31.8 Å². The van der Waals surface area contributed by atoms with E-state index >= 15 is 0 Å². The lowest BCUT2D eigenvalue weighted by molar-refractivity contribution is -0.125. The van der Waals surface area contributed by atoms with Crippen LogP contribution in [0.15, 0.2) is 0 Å². The number of rotatable bonds is 5. The normalized spacial score (nSPS) is 20.2. The number of hydrogen-bond acceptors (Lipinski definition) is 3. The van der Waals surface area contributed by atoms with Gasteiger partial charge in [-0.2, -0.15) is 0 Å². The SMILES string of the molecule is CCCC1(O)CN(CCC(=O)NC)C1. The number of amides is 1. The van der Waals surface area contributed by atoms with E-state index < -0.39 is 5.60 Å². The molecule has 1 amide bonds. The monoisotopic (exact) mass is 200 g/mol. The summed E-state index contributed by atoms with van der Waals surface area (Å²) in [7, 11) is 1.64. The molecule has 1 aliphatic heterocycles. The number of carbonyl (C=O) groups is 1. The molecular weight excluding hydrogens is 180 g/mol. The summed E-state index contributed by atoms with van der Waals surface area (Å²) in [5.41, 5.74) is -0.475. The Morgan fingerprint density at radius 2 is 2.21 bits per heavy atom. The summed E-state index contributed by atoms with van der Waals surface area (Å²) in [4.78, 5) is 13.1. The Labute approximate surface area is 85.3 Å². The van der Waals surface area contributed by atoms with Gasteiger partial charge >= 0.3 is 0 Å². The van der Waals surface area contributed by atoms with E-state index in [9.17, 15) is 9.90 Å². The second-order valence-electron chi connectivity index (χ2n) is 4.11. The van der Waals surface area contributed by atoms with Crippen LogP contribution in [0.5, 0.6) is 0 Å². The predicted molar refractivity (Wildman–Crippen MR) is 55.0 cm³/mol. The smallest absolute Gasteiger partial charge is 0.221 e. The van der Waals surface area contributed by atoms with Crippen LogP contribution >= 0.6 is 0 Å². The Morgan fingerprint density at radius 3 is 2.71 bits per heavy atom. The van der Waals surface area contributed by atoms with Crippen LogP contribution in [0.1, 0.15) is 26.2 Å². The summed E-state index contributed by atoms with van der Waals surface area (Å²) in [6.45, 7) is 4.27. The van der Waals surface area contributed by atoms with Gasteiger partial charge < -0.3 is 10.4 Å². The fourth-order valence-corrected chi connectivity index (χ4v) is 1.95. The highest BCUT2D eigenvalue weighted by Crippen LogP contribution is 2.25. The maximum absolute atomic E-state index is 10.9. The van der Waals surface area contributed by atoms with E-state index in [-0.39, 0.29) is 5.91 Å². The molecule has 0 atom stereocenters. The molecule has 2 N–H and O–H groups in total. The van der Waals surface area contributed by atoms with Gasteiger partial charge in [-0.25, -0.2) is 0 Å². The molecule has 14 heavy (non-hydrogen) atoms. The summed E-state index contributed by atoms with van der Waals surface area (Å²) >= 11 is 0. The lowest BCUT2D eigenvalue weighted by Crippen LogP contribution is -2.61. The van der Waals surface area contributed by atoms with Crippen LogP contribution in [-0.4, -0.2) is 48.2 Å². The van der Waals surface area contributed by atoms with E-state index in [1.165, 1.54) is 0 Å². The van der Waals surface area contributed by atoms with Crippen molar-refractivity contribution in [1.82, 2.24) is 10.2 Å². The van der Waals surface area contributed by atoms with Gasteiger partial charge in [0, 0.05) is 33.1 Å². The minimum absolute atomic E-state index is 0.0657. The maximum atomic E-state index is 10.9. The first-order chi connectivity index (χ1) is 6.59. The van der Waals surface area contributed by atoms with Crippen LogP contribution in [0.25, 0.3) is 0 Å². The number of nitrogens with one attached hydrogen (secondary N) is 1. The van der Waals surface area contributed by atoms with Gasteiger partial charge in [0.25, 0.3) is 0 Å². The summed E-state index contributed by atoms with van der Waals surface area (Å²) in [6.07, 6.45) is 2.40. The van der Waals surface area contributed by atoms with Crippen LogP contribution in [0.4, 0.5) is 0 Å². The zero-order valence-corrected chi connectivity index (χ0v) is 9.05. The quantitative estimate of drug-likeness (QED) is 0.655. The van der Waals surface area contributed by atoms with Crippen molar-refractivity contribution in [3.8, 4) is 0 Å². The first-order valence-corrected chi connectivity index (χ1v) is 5.25. The largest absolute Gasteiger partial charge is 0.387 e. The molecule has 1 aliphatic rings. The molecule has 1 heterocycles. The first kappa shape index (κ1) is 11.5. The Bertz CT molecular complexity index is 200. The van der Waals surface area contributed by atoms with Crippen LogP contribution in [-0.2, 0) is 4.79 Å². The first-order valence-electron chi connectivity index (χ1n) is 5.25. The zero-order valence-electron chi connectivity index (χ0n) is 9.05. The second kappa shape index (κ2) is 4.75. The van der Waals surface area contributed by atoms with E-state index in [1.807, 2.05) is 0 Å². The maximum Gasteiger partial charge on any atom is 0.221 e. The van der Waals surface area contributed by atoms with Crippen molar-refractivity contribution >= 4 is 5.91 Å². The number of nitrogens with zero attached hydrogens (tertiary/aromatic N) is 1. The molecule has 0 unspecified atom stereocenters. The van der Waals surface area contributed by atoms with Crippen molar-refractivity contribution in [2.75, 3.05) is 26.7 Å². The third kappa shape index (κ3) is 2.96. The Balaban J connectivity index is 2.12. The number of hydrogen-bond donors (Lipinski definition) is 2. The van der Waals surface area contributed by atoms with Crippen LogP contribution in [0.3, 0.4) is 0 Å². The summed E-state index contributed by atoms with van der Waals surface area (Å²) in [5.74, 6) is 0.0657. The molecule has 4 nitrogen and oxygen atoms in total. The lowest BCUT2D eigenvalue weighted by atomic mass is 9.89. The summed E-state index contributed by atoms with van der Waals surface area (Å²) in [6, 6.07) is 0. The molecule has 0 radical (unpaired) electrons. The van der Waals surface area contributed by atoms with E-state index in [1.54, 1.807) is 7.05 Å². The van der Waals surface area contributed by atoms with Gasteiger partial charge in [-0.3, -0.25) is 9.69 Å². The summed E-state index contributed by atoms with van der Waals surface area (Å²) in [5, 5.41) is 12.4. The van der Waals surface area contributed by atoms with E-state index in [0.29, 0.717) is 6.42 Å². The molecule has 0 bridgehead atoms. The van der Waals surface area contributed by atoms with Gasteiger partial charge in [-0.1, -0.05) is 13.3 Å². The van der Waals surface area contributed by atoms with Crippen molar-refractivity contribution in [3.63, 3.8) is 0 Å². The molecule has 0 aliphatic carbocycles. The number of β-amino-alcohol motifs (C(OH)–C–C–N with tert-alkyl or cyclic N) is 1. The average Bonchev–Trinajstić information content (AvgIpc) is 2.11. The molecule has 0 aromatic carbocycles. The average molecular weight is 200 g/mol. The second-order valence-corrected chi connectivity index (χ2v) is 4.11. The molecule has 0 spiro atoms. The van der Waals surface area contributed by atoms with Crippen molar-refractivity contribution in [2.24, 2.45) is 0 Å². The van der Waals surface area contributed by atoms with E-state index in [2.05, 4.69) is 17.1 Å². The van der Waals surface area contributed by atoms with Gasteiger partial charge in [0.1, 0.15) is 0 Å². The van der Waals surface area contributed by atoms with E-state index in [0.717, 1.165) is 32.5 Å². The van der Waals surface area contributed by atoms with Crippen molar-refractivity contribution < 1.29 is 9.90 Å². The van der Waals surface area contributed by atoms with Gasteiger partial charge in [-0.15, -0.1) is 0 Å². The van der Waals surface area contributed by atoms with Gasteiger partial charge in [-0.05, 0) is 6.42 Å². The Kier molecular flexibility index (Phi) is 3.89. The molecule has 0 aromatic rings. The molecule has 0 saturated carbocycles. The Morgan fingerprint density at radius 1 is 1.57 bits per heavy atom. The number of carbonyl (C=O) groups excluding carboxylic acids is 1. The zero-order chi connectivity index (χ0) is 10.6. The molecular formula is C10H20N2O2. The summed E-state index contributed by atoms with van der Waals surface area (Å²) < 4.78 is 0. The van der Waals surface area contributed by atoms with Gasteiger partial charge in [0.05, 0.1) is 5.60 Å². The molecule has 1 fully saturated rings. The highest BCUT2D eigenvalue weighted by Gasteiger charge is 2.39. The predicted octanol–water partition coefficient (Wildman–Crippen LogP) is -0.0307. The standard InChI is InChI=1S/C10H20N2O2/c1-3-5-10(14)7-12(8-10)6-4-9(13)11-2/h14H,3-8H2,1-2H3,(H,11,13). The van der Waals surface area contributed by atoms with Crippen LogP contribution in [0.2, 0.25) is 0 Å². The van der Waals surface area contributed by atoms with Crippen molar-refractivity contribution in [1.29, 1.82) is 0 Å². The third-order valence-corrected chi connectivity index (χ3v) is 2.69. The fourth-order valence-electron chi connectivity index (χ4n) is 1.95. The molecule has 82 valence electrons. The van der Waals surface area contributed by atoms with Gasteiger partial charge in [0.15, 0.2) is 0 Å². The highest BCUT2D eigenvalue weighted by molar-refractivity contribution is 5.75. The lowest BCUT2D eigenvalue weighted by Gasteiger charge is -2.46. The minimum atomic E-state index is -0.475. The molecule has 0 aromatic heterocycles. The number of aliphatic hydroxyl groups is 1. The van der Waals surface area contributed by atoms with Gasteiger partial charge in [0.2, 0.25) is 5.91 Å². The molecule has 1 rings (SSSR count). The number of likely N-dealkylation sites (tertiary alicyclic amines) is 1. The molecule has 1 saturated heterocycles. The van der Waals surface area contributed by atoms with Crippen LogP contribution < -0.4 is 5.32 Å². The topological polar surface area (TPSA) is 52.6 Å². The Hall–Kier alpha value is -0.610. The van der Waals surface area contributed by atoms with Crippen molar-refractivity contribution in [3.05, 3.63) is 0 Å².